The fraction of sp³-hybridized carbons (Fsp3) is 0.333. The van der Waals surface area contributed by atoms with Gasteiger partial charge in [0.05, 0.1) is 29.6 Å². The van der Waals surface area contributed by atoms with E-state index in [-0.39, 0.29) is 5.38 Å². The van der Waals surface area contributed by atoms with E-state index in [4.69, 9.17) is 16.3 Å². The van der Waals surface area contributed by atoms with Gasteiger partial charge in [0.15, 0.2) is 0 Å². The second-order valence-electron chi connectivity index (χ2n) is 4.85. The molecule has 4 nitrogen and oxygen atoms in total. The largest absolute Gasteiger partial charge is 0.494 e. The summed E-state index contributed by atoms with van der Waals surface area (Å²) >= 11 is 8.00. The molecule has 3 rings (SSSR count). The second-order valence-corrected chi connectivity index (χ2v) is 6.82. The Bertz CT molecular complexity index is 778. The van der Waals surface area contributed by atoms with Gasteiger partial charge in [-0.3, -0.25) is 0 Å². The van der Waals surface area contributed by atoms with Crippen LogP contribution in [0.1, 0.15) is 28.0 Å². The quantitative estimate of drug-likeness (QED) is 0.677. The van der Waals surface area contributed by atoms with E-state index in [9.17, 15) is 0 Å². The number of fused-ring (bicyclic) bond motifs is 1. The molecule has 0 N–H and O–H groups in total. The molecule has 0 amide bonds. The van der Waals surface area contributed by atoms with Crippen LogP contribution < -0.4 is 4.74 Å². The second kappa shape index (κ2) is 5.66. The van der Waals surface area contributed by atoms with Gasteiger partial charge in [0.1, 0.15) is 17.1 Å². The summed E-state index contributed by atoms with van der Waals surface area (Å²) in [5.74, 6) is 1.62. The van der Waals surface area contributed by atoms with Crippen LogP contribution in [0.15, 0.2) is 24.4 Å². The predicted octanol–water partition coefficient (Wildman–Crippen LogP) is 4.16. The van der Waals surface area contributed by atoms with E-state index < -0.39 is 0 Å². The van der Waals surface area contributed by atoms with Crippen molar-refractivity contribution in [1.82, 2.24) is 14.5 Å². The third-order valence-corrected chi connectivity index (χ3v) is 4.42. The first-order chi connectivity index (χ1) is 10.1. The Morgan fingerprint density at radius 3 is 2.86 bits per heavy atom. The molecule has 0 saturated heterocycles. The van der Waals surface area contributed by atoms with Crippen LogP contribution in [0, 0.1) is 6.92 Å². The molecule has 0 aliphatic carbocycles. The van der Waals surface area contributed by atoms with E-state index >= 15 is 0 Å². The van der Waals surface area contributed by atoms with E-state index in [1.807, 2.05) is 38.2 Å². The van der Waals surface area contributed by atoms with Crippen molar-refractivity contribution in [3.63, 3.8) is 0 Å². The van der Waals surface area contributed by atoms with Crippen molar-refractivity contribution in [1.29, 1.82) is 0 Å². The maximum absolute atomic E-state index is 6.31. The molecular weight excluding hydrogens is 306 g/mol. The lowest BCUT2D eigenvalue weighted by atomic mass is 10.3. The lowest BCUT2D eigenvalue weighted by Crippen LogP contribution is -2.04. The molecule has 0 bridgehead atoms. The molecule has 2 heterocycles. The van der Waals surface area contributed by atoms with Crippen LogP contribution in [-0.2, 0) is 6.54 Å². The zero-order valence-electron chi connectivity index (χ0n) is 12.1. The van der Waals surface area contributed by atoms with Crippen LogP contribution in [0.5, 0.6) is 5.75 Å². The SMILES string of the molecule is COc1cccc2c1nc(C(C)Cl)n2Cc1cnc(C)s1. The summed E-state index contributed by atoms with van der Waals surface area (Å²) in [5, 5.41) is 0.892. The zero-order valence-corrected chi connectivity index (χ0v) is 13.7. The molecule has 1 unspecified atom stereocenters. The van der Waals surface area contributed by atoms with Crippen LogP contribution in [0.25, 0.3) is 11.0 Å². The standard InChI is InChI=1S/C15H16ClN3OS/c1-9(16)15-18-14-12(5-4-6-13(14)20-3)19(15)8-11-7-17-10(2)21-11/h4-7,9H,8H2,1-3H3. The first kappa shape index (κ1) is 14.4. The van der Waals surface area contributed by atoms with Gasteiger partial charge in [-0.1, -0.05) is 6.07 Å². The van der Waals surface area contributed by atoms with Crippen molar-refractivity contribution in [2.75, 3.05) is 7.11 Å². The molecule has 0 fully saturated rings. The van der Waals surface area contributed by atoms with Crippen LogP contribution in [0.3, 0.4) is 0 Å². The molecule has 0 spiro atoms. The number of methoxy groups -OCH3 is 1. The Labute approximate surface area is 132 Å². The highest BCUT2D eigenvalue weighted by Gasteiger charge is 2.18. The molecular formula is C15H16ClN3OS. The number of hydrogen-bond donors (Lipinski definition) is 0. The third-order valence-electron chi connectivity index (χ3n) is 3.33. The lowest BCUT2D eigenvalue weighted by Gasteiger charge is -2.09. The fourth-order valence-corrected chi connectivity index (χ4v) is 3.36. The molecule has 110 valence electrons. The molecule has 6 heteroatoms. The van der Waals surface area contributed by atoms with Gasteiger partial charge in [0.2, 0.25) is 0 Å². The number of ether oxygens (including phenoxy) is 1. The molecule has 0 saturated carbocycles. The number of alkyl halides is 1. The number of para-hydroxylation sites is 1. The monoisotopic (exact) mass is 321 g/mol. The topological polar surface area (TPSA) is 39.9 Å². The number of benzene rings is 1. The van der Waals surface area contributed by atoms with Crippen molar-refractivity contribution in [2.24, 2.45) is 0 Å². The smallest absolute Gasteiger partial charge is 0.146 e. The van der Waals surface area contributed by atoms with Gasteiger partial charge in [0, 0.05) is 11.1 Å². The molecule has 2 aromatic heterocycles. The van der Waals surface area contributed by atoms with E-state index in [0.29, 0.717) is 0 Å². The average Bonchev–Trinajstić information content (AvgIpc) is 3.03. The normalized spacial score (nSPS) is 12.8. The molecule has 0 radical (unpaired) electrons. The Morgan fingerprint density at radius 1 is 1.43 bits per heavy atom. The van der Waals surface area contributed by atoms with Gasteiger partial charge >= 0.3 is 0 Å². The predicted molar refractivity (Wildman–Crippen MR) is 86.5 cm³/mol. The minimum atomic E-state index is -0.170. The molecule has 1 atom stereocenters. The number of imidazole rings is 1. The van der Waals surface area contributed by atoms with E-state index in [0.717, 1.165) is 34.2 Å². The number of halogens is 1. The van der Waals surface area contributed by atoms with Gasteiger partial charge in [0.25, 0.3) is 0 Å². The first-order valence-electron chi connectivity index (χ1n) is 6.68. The summed E-state index contributed by atoms with van der Waals surface area (Å²) in [7, 11) is 1.66. The van der Waals surface area contributed by atoms with Crippen molar-refractivity contribution in [3.05, 3.63) is 40.1 Å². The van der Waals surface area contributed by atoms with Crippen molar-refractivity contribution >= 4 is 34.0 Å². The maximum atomic E-state index is 6.31. The lowest BCUT2D eigenvalue weighted by molar-refractivity contribution is 0.419. The highest BCUT2D eigenvalue weighted by Crippen LogP contribution is 2.31. The van der Waals surface area contributed by atoms with Crippen molar-refractivity contribution in [2.45, 2.75) is 25.8 Å². The van der Waals surface area contributed by atoms with Gasteiger partial charge in [-0.25, -0.2) is 9.97 Å². The number of thiazole rings is 1. The van der Waals surface area contributed by atoms with Crippen LogP contribution in [-0.4, -0.2) is 21.6 Å². The van der Waals surface area contributed by atoms with E-state index in [1.165, 1.54) is 4.88 Å². The minimum Gasteiger partial charge on any atom is -0.494 e. The Hall–Kier alpha value is -1.59. The molecule has 0 aliphatic rings. The number of rotatable bonds is 4. The minimum absolute atomic E-state index is 0.170. The number of nitrogens with zero attached hydrogens (tertiary/aromatic N) is 3. The molecule has 3 aromatic rings. The third kappa shape index (κ3) is 2.63. The first-order valence-corrected chi connectivity index (χ1v) is 7.94. The fourth-order valence-electron chi connectivity index (χ4n) is 2.41. The Kier molecular flexibility index (Phi) is 3.87. The summed E-state index contributed by atoms with van der Waals surface area (Å²) in [4.78, 5) is 10.2. The van der Waals surface area contributed by atoms with Gasteiger partial charge in [-0.2, -0.15) is 0 Å². The van der Waals surface area contributed by atoms with Crippen molar-refractivity contribution in [3.8, 4) is 5.75 Å². The summed E-state index contributed by atoms with van der Waals surface area (Å²) < 4.78 is 7.54. The Balaban J connectivity index is 2.16. The summed E-state index contributed by atoms with van der Waals surface area (Å²) in [6, 6.07) is 5.93. The number of aromatic nitrogens is 3. The summed E-state index contributed by atoms with van der Waals surface area (Å²) in [5.41, 5.74) is 1.88. The zero-order chi connectivity index (χ0) is 15.0. The summed E-state index contributed by atoms with van der Waals surface area (Å²) in [6.45, 7) is 4.67. The van der Waals surface area contributed by atoms with E-state index in [1.54, 1.807) is 18.4 Å². The van der Waals surface area contributed by atoms with Crippen LogP contribution in [0.2, 0.25) is 0 Å². The summed E-state index contributed by atoms with van der Waals surface area (Å²) in [6.07, 6.45) is 1.91. The van der Waals surface area contributed by atoms with Crippen LogP contribution in [0.4, 0.5) is 0 Å². The van der Waals surface area contributed by atoms with Gasteiger partial charge in [-0.15, -0.1) is 22.9 Å². The highest BCUT2D eigenvalue weighted by molar-refractivity contribution is 7.11. The van der Waals surface area contributed by atoms with Gasteiger partial charge in [-0.05, 0) is 26.0 Å². The molecule has 1 aromatic carbocycles. The van der Waals surface area contributed by atoms with Crippen molar-refractivity contribution < 1.29 is 4.74 Å². The average molecular weight is 322 g/mol. The van der Waals surface area contributed by atoms with Gasteiger partial charge < -0.3 is 9.30 Å². The van der Waals surface area contributed by atoms with Crippen LogP contribution >= 0.6 is 22.9 Å². The highest BCUT2D eigenvalue weighted by atomic mass is 35.5. The number of hydrogen-bond acceptors (Lipinski definition) is 4. The van der Waals surface area contributed by atoms with E-state index in [2.05, 4.69) is 14.5 Å². The molecule has 21 heavy (non-hydrogen) atoms. The Morgan fingerprint density at radius 2 is 2.24 bits per heavy atom. The maximum Gasteiger partial charge on any atom is 0.146 e. The number of aryl methyl sites for hydroxylation is 1. The molecule has 0 aliphatic heterocycles.